The number of rotatable bonds is 6. The molecule has 1 fully saturated rings. The molecule has 4 rings (SSSR count). The van der Waals surface area contributed by atoms with Crippen LogP contribution in [0, 0.1) is 13.8 Å². The molecule has 0 aliphatic carbocycles. The Hall–Kier alpha value is -3.05. The van der Waals surface area contributed by atoms with Gasteiger partial charge < -0.3 is 14.1 Å². The first kappa shape index (κ1) is 20.2. The van der Waals surface area contributed by atoms with Gasteiger partial charge in [0.25, 0.3) is 5.91 Å². The molecule has 2 heterocycles. The number of amides is 1. The van der Waals surface area contributed by atoms with Crippen molar-refractivity contribution < 1.29 is 13.9 Å². The predicted octanol–water partition coefficient (Wildman–Crippen LogP) is 4.43. The fourth-order valence-electron chi connectivity index (χ4n) is 3.69. The van der Waals surface area contributed by atoms with E-state index in [1.165, 1.54) is 5.56 Å². The summed E-state index contributed by atoms with van der Waals surface area (Å²) in [6, 6.07) is 20.1. The molecule has 0 radical (unpaired) electrons. The Labute approximate surface area is 177 Å². The molecule has 0 spiro atoms. The Kier molecular flexibility index (Phi) is 6.19. The molecule has 2 aromatic carbocycles. The van der Waals surface area contributed by atoms with E-state index in [1.54, 1.807) is 6.07 Å². The Morgan fingerprint density at radius 3 is 2.50 bits per heavy atom. The van der Waals surface area contributed by atoms with E-state index >= 15 is 0 Å². The largest absolute Gasteiger partial charge is 0.485 e. The zero-order chi connectivity index (χ0) is 20.9. The summed E-state index contributed by atoms with van der Waals surface area (Å²) in [5.74, 6) is 1.83. The van der Waals surface area contributed by atoms with Gasteiger partial charge in [0.05, 0.1) is 0 Å². The summed E-state index contributed by atoms with van der Waals surface area (Å²) in [6.45, 7) is 8.43. The van der Waals surface area contributed by atoms with Crippen LogP contribution >= 0.6 is 0 Å². The first-order chi connectivity index (χ1) is 14.6. The van der Waals surface area contributed by atoms with E-state index in [0.717, 1.165) is 36.5 Å². The molecule has 0 N–H and O–H groups in total. The lowest BCUT2D eigenvalue weighted by Gasteiger charge is -2.34. The maximum absolute atomic E-state index is 12.8. The molecule has 1 aliphatic heterocycles. The van der Waals surface area contributed by atoms with Gasteiger partial charge in [-0.2, -0.15) is 0 Å². The molecule has 0 unspecified atom stereocenters. The zero-order valence-electron chi connectivity index (χ0n) is 17.6. The minimum absolute atomic E-state index is 0.0488. The van der Waals surface area contributed by atoms with Crippen molar-refractivity contribution in [3.05, 3.63) is 88.9 Å². The Morgan fingerprint density at radius 1 is 0.967 bits per heavy atom. The molecular formula is C25H28N2O3. The van der Waals surface area contributed by atoms with Crippen LogP contribution in [0.25, 0.3) is 0 Å². The van der Waals surface area contributed by atoms with E-state index in [1.807, 2.05) is 43.0 Å². The van der Waals surface area contributed by atoms with Crippen molar-refractivity contribution in [2.45, 2.75) is 27.0 Å². The van der Waals surface area contributed by atoms with Crippen molar-refractivity contribution in [2.75, 3.05) is 26.2 Å². The number of carbonyl (C=O) groups is 1. The molecule has 1 aliphatic rings. The highest BCUT2D eigenvalue weighted by molar-refractivity contribution is 5.91. The van der Waals surface area contributed by atoms with Crippen molar-refractivity contribution in [3.63, 3.8) is 0 Å². The molecule has 3 aromatic rings. The minimum Gasteiger partial charge on any atom is -0.485 e. The van der Waals surface area contributed by atoms with Crippen molar-refractivity contribution in [2.24, 2.45) is 0 Å². The van der Waals surface area contributed by atoms with Crippen LogP contribution in [0.5, 0.6) is 5.75 Å². The molecule has 156 valence electrons. The van der Waals surface area contributed by atoms with E-state index in [9.17, 15) is 4.79 Å². The van der Waals surface area contributed by atoms with Crippen LogP contribution < -0.4 is 4.74 Å². The number of benzene rings is 2. The van der Waals surface area contributed by atoms with E-state index in [0.29, 0.717) is 31.2 Å². The van der Waals surface area contributed by atoms with Crippen LogP contribution in [-0.2, 0) is 13.2 Å². The second-order valence-electron chi connectivity index (χ2n) is 7.88. The number of furan rings is 1. The van der Waals surface area contributed by atoms with Gasteiger partial charge in [0, 0.05) is 32.7 Å². The van der Waals surface area contributed by atoms with E-state index < -0.39 is 0 Å². The fraction of sp³-hybridized carbons (Fsp3) is 0.320. The third-order valence-electron chi connectivity index (χ3n) is 5.49. The number of carbonyl (C=O) groups excluding carboxylic acids is 1. The minimum atomic E-state index is -0.0488. The monoisotopic (exact) mass is 404 g/mol. The van der Waals surface area contributed by atoms with Gasteiger partial charge >= 0.3 is 0 Å². The first-order valence-electron chi connectivity index (χ1n) is 10.4. The Morgan fingerprint density at radius 2 is 1.73 bits per heavy atom. The lowest BCUT2D eigenvalue weighted by atomic mass is 10.1. The summed E-state index contributed by atoms with van der Waals surface area (Å²) in [6.07, 6.45) is 0. The van der Waals surface area contributed by atoms with Crippen LogP contribution in [0.1, 0.15) is 33.0 Å². The molecule has 0 saturated carbocycles. The van der Waals surface area contributed by atoms with Gasteiger partial charge in [0.1, 0.15) is 18.1 Å². The molecular weight excluding hydrogens is 376 g/mol. The standard InChI is InChI=1S/C25H28N2O3/c1-19-8-9-20(2)24(16-19)29-18-22-10-11-23(30-22)25(28)27-14-12-26(13-15-27)17-21-6-4-3-5-7-21/h3-11,16H,12-15,17-18H2,1-2H3. The maximum atomic E-state index is 12.8. The number of aryl methyl sites for hydroxylation is 2. The molecule has 1 amide bonds. The van der Waals surface area contributed by atoms with Crippen LogP contribution in [0.2, 0.25) is 0 Å². The fourth-order valence-corrected chi connectivity index (χ4v) is 3.69. The van der Waals surface area contributed by atoms with Gasteiger partial charge in [0.2, 0.25) is 0 Å². The summed E-state index contributed by atoms with van der Waals surface area (Å²) in [5.41, 5.74) is 3.53. The third kappa shape index (κ3) is 4.92. The quantitative estimate of drug-likeness (QED) is 0.610. The molecule has 30 heavy (non-hydrogen) atoms. The summed E-state index contributed by atoms with van der Waals surface area (Å²) in [5, 5.41) is 0. The highest BCUT2D eigenvalue weighted by atomic mass is 16.5. The average molecular weight is 405 g/mol. The summed E-state index contributed by atoms with van der Waals surface area (Å²) in [7, 11) is 0. The molecule has 1 saturated heterocycles. The van der Waals surface area contributed by atoms with E-state index in [-0.39, 0.29) is 5.91 Å². The summed E-state index contributed by atoms with van der Waals surface area (Å²) >= 11 is 0. The number of nitrogens with zero attached hydrogens (tertiary/aromatic N) is 2. The van der Waals surface area contributed by atoms with Crippen LogP contribution in [0.4, 0.5) is 0 Å². The highest BCUT2D eigenvalue weighted by Gasteiger charge is 2.24. The van der Waals surface area contributed by atoms with Crippen molar-refractivity contribution >= 4 is 5.91 Å². The predicted molar refractivity (Wildman–Crippen MR) is 117 cm³/mol. The van der Waals surface area contributed by atoms with Crippen molar-refractivity contribution in [1.82, 2.24) is 9.80 Å². The normalized spacial score (nSPS) is 14.7. The second kappa shape index (κ2) is 9.18. The second-order valence-corrected chi connectivity index (χ2v) is 7.88. The molecule has 0 bridgehead atoms. The average Bonchev–Trinajstić information content (AvgIpc) is 3.24. The zero-order valence-corrected chi connectivity index (χ0v) is 17.6. The lowest BCUT2D eigenvalue weighted by molar-refractivity contribution is 0.0594. The van der Waals surface area contributed by atoms with E-state index in [4.69, 9.17) is 9.15 Å². The number of hydrogen-bond donors (Lipinski definition) is 0. The lowest BCUT2D eigenvalue weighted by Crippen LogP contribution is -2.48. The third-order valence-corrected chi connectivity index (χ3v) is 5.49. The smallest absolute Gasteiger partial charge is 0.289 e. The van der Waals surface area contributed by atoms with Gasteiger partial charge in [-0.05, 0) is 48.7 Å². The van der Waals surface area contributed by atoms with Gasteiger partial charge in [-0.25, -0.2) is 0 Å². The Bertz CT molecular complexity index is 989. The number of ether oxygens (including phenoxy) is 1. The van der Waals surface area contributed by atoms with Crippen molar-refractivity contribution in [1.29, 1.82) is 0 Å². The topological polar surface area (TPSA) is 45.9 Å². The summed E-state index contributed by atoms with van der Waals surface area (Å²) in [4.78, 5) is 17.1. The Balaban J connectivity index is 1.29. The molecule has 5 heteroatoms. The van der Waals surface area contributed by atoms with Gasteiger partial charge in [-0.15, -0.1) is 0 Å². The van der Waals surface area contributed by atoms with Gasteiger partial charge in [0.15, 0.2) is 5.76 Å². The number of hydrogen-bond acceptors (Lipinski definition) is 4. The molecule has 5 nitrogen and oxygen atoms in total. The summed E-state index contributed by atoms with van der Waals surface area (Å²) < 4.78 is 11.7. The van der Waals surface area contributed by atoms with Crippen LogP contribution in [0.15, 0.2) is 65.1 Å². The van der Waals surface area contributed by atoms with Gasteiger partial charge in [-0.1, -0.05) is 42.5 Å². The highest BCUT2D eigenvalue weighted by Crippen LogP contribution is 2.21. The molecule has 1 aromatic heterocycles. The molecule has 0 atom stereocenters. The SMILES string of the molecule is Cc1ccc(C)c(OCc2ccc(C(=O)N3CCN(Cc4ccccc4)CC3)o2)c1. The van der Waals surface area contributed by atoms with Crippen LogP contribution in [-0.4, -0.2) is 41.9 Å². The first-order valence-corrected chi connectivity index (χ1v) is 10.4. The maximum Gasteiger partial charge on any atom is 0.289 e. The van der Waals surface area contributed by atoms with E-state index in [2.05, 4.69) is 35.2 Å². The van der Waals surface area contributed by atoms with Crippen LogP contribution in [0.3, 0.4) is 0 Å². The number of piperazine rings is 1. The van der Waals surface area contributed by atoms with Gasteiger partial charge in [-0.3, -0.25) is 9.69 Å². The van der Waals surface area contributed by atoms with Crippen molar-refractivity contribution in [3.8, 4) is 5.75 Å².